The summed E-state index contributed by atoms with van der Waals surface area (Å²) in [5.41, 5.74) is 3.37. The molecular weight excluding hydrogens is 354 g/mol. The lowest BCUT2D eigenvalue weighted by atomic mass is 10.1. The molecule has 0 aliphatic carbocycles. The first kappa shape index (κ1) is 18.1. The molecule has 25 heavy (non-hydrogen) atoms. The largest absolute Gasteiger partial charge is 0.379 e. The average Bonchev–Trinajstić information content (AvgIpc) is 2.64. The molecule has 0 unspecified atom stereocenters. The maximum atomic E-state index is 6.15. The molecule has 1 fully saturated rings. The zero-order chi connectivity index (χ0) is 17.5. The number of ether oxygens (including phenoxy) is 1. The normalized spacial score (nSPS) is 14.9. The fourth-order valence-electron chi connectivity index (χ4n) is 2.79. The van der Waals surface area contributed by atoms with Gasteiger partial charge in [0.2, 0.25) is 0 Å². The van der Waals surface area contributed by atoms with Gasteiger partial charge in [-0.2, -0.15) is 0 Å². The Morgan fingerprint density at radius 3 is 2.48 bits per heavy atom. The fourth-order valence-corrected chi connectivity index (χ4v) is 3.15. The monoisotopic (exact) mass is 375 g/mol. The molecule has 0 bridgehead atoms. The zero-order valence-corrected chi connectivity index (χ0v) is 15.6. The SMILES string of the molecule is S=C(NCc1ccccc1CN1CCOCC1)Nc1ccccc1Cl. The Balaban J connectivity index is 1.57. The number of hydrogen-bond acceptors (Lipinski definition) is 3. The first-order valence-electron chi connectivity index (χ1n) is 8.38. The summed E-state index contributed by atoms with van der Waals surface area (Å²) in [6, 6.07) is 16.0. The fraction of sp³-hybridized carbons (Fsp3) is 0.316. The minimum absolute atomic E-state index is 0.564. The number of thiocarbonyl (C=S) groups is 1. The summed E-state index contributed by atoms with van der Waals surface area (Å²) in [4.78, 5) is 2.42. The van der Waals surface area contributed by atoms with Crippen molar-refractivity contribution in [2.75, 3.05) is 31.6 Å². The minimum Gasteiger partial charge on any atom is -0.379 e. The van der Waals surface area contributed by atoms with E-state index in [0.29, 0.717) is 16.7 Å². The topological polar surface area (TPSA) is 36.5 Å². The minimum atomic E-state index is 0.564. The van der Waals surface area contributed by atoms with Crippen molar-refractivity contribution in [3.8, 4) is 0 Å². The lowest BCUT2D eigenvalue weighted by Crippen LogP contribution is -2.36. The average molecular weight is 376 g/mol. The van der Waals surface area contributed by atoms with Crippen molar-refractivity contribution < 1.29 is 4.74 Å². The molecule has 2 N–H and O–H groups in total. The van der Waals surface area contributed by atoms with Crippen LogP contribution in [-0.4, -0.2) is 36.3 Å². The summed E-state index contributed by atoms with van der Waals surface area (Å²) < 4.78 is 5.42. The molecule has 6 heteroatoms. The molecule has 132 valence electrons. The smallest absolute Gasteiger partial charge is 0.171 e. The van der Waals surface area contributed by atoms with E-state index in [1.54, 1.807) is 0 Å². The molecule has 4 nitrogen and oxygen atoms in total. The van der Waals surface area contributed by atoms with Gasteiger partial charge in [-0.25, -0.2) is 0 Å². The predicted octanol–water partition coefficient (Wildman–Crippen LogP) is 3.66. The molecule has 0 aromatic heterocycles. The van der Waals surface area contributed by atoms with Gasteiger partial charge >= 0.3 is 0 Å². The maximum absolute atomic E-state index is 6.15. The second kappa shape index (κ2) is 9.15. The highest BCUT2D eigenvalue weighted by Gasteiger charge is 2.12. The van der Waals surface area contributed by atoms with E-state index in [-0.39, 0.29) is 0 Å². The molecular formula is C19H22ClN3OS. The van der Waals surface area contributed by atoms with Crippen molar-refractivity contribution in [2.24, 2.45) is 0 Å². The van der Waals surface area contributed by atoms with Gasteiger partial charge in [-0.15, -0.1) is 0 Å². The lowest BCUT2D eigenvalue weighted by molar-refractivity contribution is 0.0341. The molecule has 0 spiro atoms. The third kappa shape index (κ3) is 5.41. The van der Waals surface area contributed by atoms with Gasteiger partial charge in [0.25, 0.3) is 0 Å². The van der Waals surface area contributed by atoms with Gasteiger partial charge in [0, 0.05) is 26.2 Å². The predicted molar refractivity (Wildman–Crippen MR) is 107 cm³/mol. The Morgan fingerprint density at radius 1 is 1.04 bits per heavy atom. The quantitative estimate of drug-likeness (QED) is 0.780. The second-order valence-electron chi connectivity index (χ2n) is 5.94. The molecule has 0 atom stereocenters. The molecule has 1 heterocycles. The Hall–Kier alpha value is -1.66. The third-order valence-corrected chi connectivity index (χ3v) is 4.75. The zero-order valence-electron chi connectivity index (χ0n) is 14.0. The third-order valence-electron chi connectivity index (χ3n) is 4.18. The van der Waals surface area contributed by atoms with Crippen molar-refractivity contribution in [1.82, 2.24) is 10.2 Å². The molecule has 0 radical (unpaired) electrons. The van der Waals surface area contributed by atoms with Gasteiger partial charge < -0.3 is 15.4 Å². The van der Waals surface area contributed by atoms with Crippen molar-refractivity contribution in [1.29, 1.82) is 0 Å². The molecule has 0 saturated carbocycles. The second-order valence-corrected chi connectivity index (χ2v) is 6.76. The molecule has 1 aliphatic heterocycles. The summed E-state index contributed by atoms with van der Waals surface area (Å²) in [6.07, 6.45) is 0. The van der Waals surface area contributed by atoms with Gasteiger partial charge in [0.05, 0.1) is 23.9 Å². The molecule has 0 amide bonds. The van der Waals surface area contributed by atoms with Crippen LogP contribution in [0.25, 0.3) is 0 Å². The number of anilines is 1. The summed E-state index contributed by atoms with van der Waals surface area (Å²) in [5.74, 6) is 0. The van der Waals surface area contributed by atoms with Crippen molar-refractivity contribution in [2.45, 2.75) is 13.1 Å². The summed E-state index contributed by atoms with van der Waals surface area (Å²) in [6.45, 7) is 5.20. The van der Waals surface area contributed by atoms with E-state index in [9.17, 15) is 0 Å². The van der Waals surface area contributed by atoms with Crippen LogP contribution < -0.4 is 10.6 Å². The highest BCUT2D eigenvalue weighted by atomic mass is 35.5. The number of para-hydroxylation sites is 1. The molecule has 3 rings (SSSR count). The van der Waals surface area contributed by atoms with E-state index in [1.807, 2.05) is 24.3 Å². The number of rotatable bonds is 5. The maximum Gasteiger partial charge on any atom is 0.171 e. The van der Waals surface area contributed by atoms with E-state index >= 15 is 0 Å². The van der Waals surface area contributed by atoms with Crippen LogP contribution in [0.3, 0.4) is 0 Å². The molecule has 1 aliphatic rings. The van der Waals surface area contributed by atoms with Gasteiger partial charge in [-0.1, -0.05) is 48.0 Å². The van der Waals surface area contributed by atoms with Gasteiger partial charge in [-0.05, 0) is 35.5 Å². The van der Waals surface area contributed by atoms with E-state index in [1.165, 1.54) is 11.1 Å². The van der Waals surface area contributed by atoms with E-state index in [2.05, 4.69) is 39.8 Å². The highest BCUT2D eigenvalue weighted by Crippen LogP contribution is 2.20. The molecule has 2 aromatic rings. The number of morpholine rings is 1. The van der Waals surface area contributed by atoms with Gasteiger partial charge in [0.1, 0.15) is 0 Å². The van der Waals surface area contributed by atoms with Crippen LogP contribution in [0, 0.1) is 0 Å². The van der Waals surface area contributed by atoms with Gasteiger partial charge in [-0.3, -0.25) is 4.90 Å². The first-order valence-corrected chi connectivity index (χ1v) is 9.17. The Kier molecular flexibility index (Phi) is 6.64. The summed E-state index contributed by atoms with van der Waals surface area (Å²) in [5, 5.41) is 7.63. The Bertz CT molecular complexity index is 719. The summed E-state index contributed by atoms with van der Waals surface area (Å²) >= 11 is 11.5. The van der Waals surface area contributed by atoms with Crippen LogP contribution in [0.15, 0.2) is 48.5 Å². The van der Waals surface area contributed by atoms with Crippen molar-refractivity contribution in [3.63, 3.8) is 0 Å². The Labute approximate surface area is 159 Å². The van der Waals surface area contributed by atoms with Crippen LogP contribution in [0.2, 0.25) is 5.02 Å². The van der Waals surface area contributed by atoms with Crippen molar-refractivity contribution in [3.05, 3.63) is 64.7 Å². The standard InChI is InChI=1S/C19H22ClN3OS/c20-17-7-3-4-8-18(17)22-19(25)21-13-15-5-1-2-6-16(15)14-23-9-11-24-12-10-23/h1-8H,9-14H2,(H2,21,22,25). The van der Waals surface area contributed by atoms with Crippen molar-refractivity contribution >= 4 is 34.6 Å². The number of halogens is 1. The Morgan fingerprint density at radius 2 is 1.72 bits per heavy atom. The van der Waals surface area contributed by atoms with E-state index < -0.39 is 0 Å². The van der Waals surface area contributed by atoms with E-state index in [0.717, 1.165) is 38.5 Å². The first-order chi connectivity index (χ1) is 12.2. The van der Waals surface area contributed by atoms with Gasteiger partial charge in [0.15, 0.2) is 5.11 Å². The number of nitrogens with one attached hydrogen (secondary N) is 2. The van der Waals surface area contributed by atoms with E-state index in [4.69, 9.17) is 28.6 Å². The highest BCUT2D eigenvalue weighted by molar-refractivity contribution is 7.80. The van der Waals surface area contributed by atoms with Crippen LogP contribution in [-0.2, 0) is 17.8 Å². The molecule has 2 aromatic carbocycles. The number of nitrogens with zero attached hydrogens (tertiary/aromatic N) is 1. The van der Waals surface area contributed by atoms with Crippen LogP contribution >= 0.6 is 23.8 Å². The number of benzene rings is 2. The van der Waals surface area contributed by atoms with Crippen LogP contribution in [0.4, 0.5) is 5.69 Å². The number of hydrogen-bond donors (Lipinski definition) is 2. The summed E-state index contributed by atoms with van der Waals surface area (Å²) in [7, 11) is 0. The lowest BCUT2D eigenvalue weighted by Gasteiger charge is -2.27. The van der Waals surface area contributed by atoms with Crippen LogP contribution in [0.5, 0.6) is 0 Å². The molecule has 1 saturated heterocycles. The van der Waals surface area contributed by atoms with Crippen LogP contribution in [0.1, 0.15) is 11.1 Å².